The van der Waals surface area contributed by atoms with Crippen molar-refractivity contribution in [3.63, 3.8) is 0 Å². The van der Waals surface area contributed by atoms with Gasteiger partial charge in [0.25, 0.3) is 5.91 Å². The van der Waals surface area contributed by atoms with Crippen LogP contribution in [0.2, 0.25) is 0 Å². The van der Waals surface area contributed by atoms with Gasteiger partial charge in [0.15, 0.2) is 0 Å². The maximum Gasteiger partial charge on any atom is 0.264 e. The van der Waals surface area contributed by atoms with E-state index in [1.165, 1.54) is 0 Å². The highest BCUT2D eigenvalue weighted by Crippen LogP contribution is 2.43. The quantitative estimate of drug-likeness (QED) is 0.294. The van der Waals surface area contributed by atoms with Gasteiger partial charge in [0.05, 0.1) is 22.9 Å². The van der Waals surface area contributed by atoms with Gasteiger partial charge in [-0.25, -0.2) is 0 Å². The molecule has 1 aliphatic rings. The van der Waals surface area contributed by atoms with E-state index in [4.69, 9.17) is 0 Å². The Bertz CT molecular complexity index is 1510. The van der Waals surface area contributed by atoms with Crippen molar-refractivity contribution in [1.82, 2.24) is 0 Å². The summed E-state index contributed by atoms with van der Waals surface area (Å²) >= 11 is 0. The highest BCUT2D eigenvalue weighted by molar-refractivity contribution is 6.28. The van der Waals surface area contributed by atoms with E-state index < -0.39 is 0 Å². The Labute approximate surface area is 198 Å². The van der Waals surface area contributed by atoms with Crippen LogP contribution in [0.25, 0.3) is 10.8 Å². The van der Waals surface area contributed by atoms with Crippen LogP contribution in [0.4, 0.5) is 22.7 Å². The second-order valence-electron chi connectivity index (χ2n) is 7.83. The van der Waals surface area contributed by atoms with Crippen LogP contribution < -0.4 is 9.80 Å². The summed E-state index contributed by atoms with van der Waals surface area (Å²) in [5, 5.41) is 11.4. The lowest BCUT2D eigenvalue weighted by Crippen LogP contribution is -2.21. The van der Waals surface area contributed by atoms with E-state index in [-0.39, 0.29) is 5.91 Å². The second kappa shape index (κ2) is 8.57. The van der Waals surface area contributed by atoms with E-state index in [9.17, 15) is 10.1 Å². The molecular formula is C30H21N3O. The maximum absolute atomic E-state index is 13.5. The Morgan fingerprint density at radius 1 is 0.882 bits per heavy atom. The Morgan fingerprint density at radius 2 is 1.62 bits per heavy atom. The number of para-hydroxylation sites is 1. The molecule has 162 valence electrons. The highest BCUT2D eigenvalue weighted by atomic mass is 16.2. The molecule has 1 amide bonds. The minimum atomic E-state index is -0.186. The number of hydrogen-bond acceptors (Lipinski definition) is 3. The van der Waals surface area contributed by atoms with Crippen molar-refractivity contribution in [2.45, 2.75) is 0 Å². The van der Waals surface area contributed by atoms with Gasteiger partial charge in [-0.05, 0) is 66.1 Å². The number of carbonyl (C=O) groups is 1. The predicted octanol–water partition coefficient (Wildman–Crippen LogP) is 7.40. The summed E-state index contributed by atoms with van der Waals surface area (Å²) < 4.78 is 0. The van der Waals surface area contributed by atoms with Crippen molar-refractivity contribution in [3.05, 3.63) is 133 Å². The first-order valence-corrected chi connectivity index (χ1v) is 10.9. The van der Waals surface area contributed by atoms with Crippen LogP contribution in [0, 0.1) is 11.3 Å². The van der Waals surface area contributed by atoms with Crippen LogP contribution in [-0.4, -0.2) is 5.91 Å². The first kappa shape index (κ1) is 21.0. The molecule has 0 atom stereocenters. The topological polar surface area (TPSA) is 47.3 Å². The van der Waals surface area contributed by atoms with Crippen LogP contribution in [0.15, 0.2) is 122 Å². The molecule has 0 saturated heterocycles. The number of anilines is 4. The van der Waals surface area contributed by atoms with Crippen LogP contribution in [0.5, 0.6) is 0 Å². The summed E-state index contributed by atoms with van der Waals surface area (Å²) in [7, 11) is 0. The van der Waals surface area contributed by atoms with Gasteiger partial charge in [-0.1, -0.05) is 55.6 Å². The molecule has 34 heavy (non-hydrogen) atoms. The standard InChI is InChI=1S/C30H21N3O/c1-3-9-23(4-2)32(24-11-6-5-7-12-24)25-16-18-26(19-17-25)33-27-13-8-10-21-14-15-22(20-31)29(28(21)27)30(33)34/h3-19H,1-2H2/b23-9+. The molecule has 4 heteroatoms. The minimum Gasteiger partial charge on any atom is -0.311 e. The van der Waals surface area contributed by atoms with E-state index >= 15 is 0 Å². The normalized spacial score (nSPS) is 12.5. The smallest absolute Gasteiger partial charge is 0.264 e. The van der Waals surface area contributed by atoms with Crippen LogP contribution >= 0.6 is 0 Å². The maximum atomic E-state index is 13.5. The molecule has 1 aliphatic heterocycles. The first-order valence-electron chi connectivity index (χ1n) is 10.9. The molecule has 5 rings (SSSR count). The number of hydrogen-bond donors (Lipinski definition) is 0. The van der Waals surface area contributed by atoms with E-state index in [0.29, 0.717) is 11.1 Å². The van der Waals surface area contributed by atoms with Crippen LogP contribution in [0.3, 0.4) is 0 Å². The lowest BCUT2D eigenvalue weighted by atomic mass is 10.0. The molecule has 0 saturated carbocycles. The predicted molar refractivity (Wildman–Crippen MR) is 139 cm³/mol. The number of rotatable bonds is 6. The highest BCUT2D eigenvalue weighted by Gasteiger charge is 2.33. The summed E-state index contributed by atoms with van der Waals surface area (Å²) in [6, 6.07) is 29.4. The summed E-state index contributed by atoms with van der Waals surface area (Å²) in [4.78, 5) is 17.2. The third-order valence-electron chi connectivity index (χ3n) is 5.94. The van der Waals surface area contributed by atoms with Gasteiger partial charge in [0.2, 0.25) is 0 Å². The van der Waals surface area contributed by atoms with Crippen molar-refractivity contribution in [3.8, 4) is 6.07 Å². The Balaban J connectivity index is 1.60. The van der Waals surface area contributed by atoms with Crippen molar-refractivity contribution in [1.29, 1.82) is 5.26 Å². The molecule has 4 aromatic rings. The molecular weight excluding hydrogens is 418 g/mol. The molecule has 0 N–H and O–H groups in total. The van der Waals surface area contributed by atoms with E-state index in [2.05, 4.69) is 24.1 Å². The lowest BCUT2D eigenvalue weighted by molar-refractivity contribution is 0.100. The van der Waals surface area contributed by atoms with E-state index in [0.717, 1.165) is 39.2 Å². The third kappa shape index (κ3) is 3.28. The second-order valence-corrected chi connectivity index (χ2v) is 7.83. The monoisotopic (exact) mass is 439 g/mol. The first-order chi connectivity index (χ1) is 16.7. The molecule has 0 aromatic heterocycles. The molecule has 0 radical (unpaired) electrons. The van der Waals surface area contributed by atoms with E-state index in [1.54, 1.807) is 23.1 Å². The van der Waals surface area contributed by atoms with Gasteiger partial charge in [0, 0.05) is 28.1 Å². The molecule has 0 aliphatic carbocycles. The molecule has 4 nitrogen and oxygen atoms in total. The fourth-order valence-electron chi connectivity index (χ4n) is 4.47. The number of allylic oxidation sites excluding steroid dienone is 3. The van der Waals surface area contributed by atoms with Crippen molar-refractivity contribution >= 4 is 39.4 Å². The van der Waals surface area contributed by atoms with Gasteiger partial charge in [-0.15, -0.1) is 0 Å². The molecule has 4 aromatic carbocycles. The zero-order valence-corrected chi connectivity index (χ0v) is 18.5. The van der Waals surface area contributed by atoms with Crippen LogP contribution in [0.1, 0.15) is 15.9 Å². The van der Waals surface area contributed by atoms with Gasteiger partial charge in [-0.2, -0.15) is 5.26 Å². The zero-order chi connectivity index (χ0) is 23.7. The molecule has 0 bridgehead atoms. The van der Waals surface area contributed by atoms with E-state index in [1.807, 2.05) is 84.9 Å². The van der Waals surface area contributed by atoms with Gasteiger partial charge in [-0.3, -0.25) is 9.69 Å². The largest absolute Gasteiger partial charge is 0.311 e. The fraction of sp³-hybridized carbons (Fsp3) is 0. The summed E-state index contributed by atoms with van der Waals surface area (Å²) in [5.74, 6) is -0.186. The van der Waals surface area contributed by atoms with Gasteiger partial charge < -0.3 is 4.90 Å². The Hall–Kier alpha value is -4.88. The molecule has 0 spiro atoms. The molecule has 0 fully saturated rings. The third-order valence-corrected chi connectivity index (χ3v) is 5.94. The summed E-state index contributed by atoms with van der Waals surface area (Å²) in [5.41, 5.74) is 5.17. The number of amides is 1. The Kier molecular flexibility index (Phi) is 5.29. The SMILES string of the molecule is C=C/C=C(\C=C)N(c1ccccc1)c1ccc(N2C(=O)c3c(C#N)ccc4cccc2c34)cc1. The summed E-state index contributed by atoms with van der Waals surface area (Å²) in [6.45, 7) is 7.79. The van der Waals surface area contributed by atoms with Crippen molar-refractivity contribution in [2.75, 3.05) is 9.80 Å². The zero-order valence-electron chi connectivity index (χ0n) is 18.5. The minimum absolute atomic E-state index is 0.186. The number of carbonyl (C=O) groups excluding carboxylic acids is 1. The number of benzene rings is 4. The number of nitriles is 1. The van der Waals surface area contributed by atoms with Gasteiger partial charge in [0.1, 0.15) is 0 Å². The number of nitrogens with zero attached hydrogens (tertiary/aromatic N) is 3. The van der Waals surface area contributed by atoms with Crippen LogP contribution in [-0.2, 0) is 0 Å². The van der Waals surface area contributed by atoms with Gasteiger partial charge >= 0.3 is 0 Å². The van der Waals surface area contributed by atoms with Crippen molar-refractivity contribution in [2.24, 2.45) is 0 Å². The summed E-state index contributed by atoms with van der Waals surface area (Å²) in [6.07, 6.45) is 5.42. The fourth-order valence-corrected chi connectivity index (χ4v) is 4.47. The average Bonchev–Trinajstić information content (AvgIpc) is 3.18. The molecule has 0 unspecified atom stereocenters. The molecule has 1 heterocycles. The van der Waals surface area contributed by atoms with Crippen molar-refractivity contribution < 1.29 is 4.79 Å². The average molecular weight is 440 g/mol. The Morgan fingerprint density at radius 3 is 2.29 bits per heavy atom. The lowest BCUT2D eigenvalue weighted by Gasteiger charge is -2.27.